The van der Waals surface area contributed by atoms with Gasteiger partial charge in [-0.15, -0.1) is 23.2 Å². The summed E-state index contributed by atoms with van der Waals surface area (Å²) in [6.45, 7) is 4.33. The number of hydrogen-bond acceptors (Lipinski definition) is 4. The van der Waals surface area contributed by atoms with E-state index in [0.29, 0.717) is 11.8 Å². The van der Waals surface area contributed by atoms with Crippen LogP contribution in [0.25, 0.3) is 0 Å². The third kappa shape index (κ3) is 8.87. The third-order valence-electron chi connectivity index (χ3n) is 4.47. The van der Waals surface area contributed by atoms with E-state index in [2.05, 4.69) is 58.3 Å². The second-order valence-electron chi connectivity index (χ2n) is 6.85. The maximum absolute atomic E-state index is 10.4. The normalized spacial score (nSPS) is 10.8. The van der Waals surface area contributed by atoms with Gasteiger partial charge in [0.15, 0.2) is 18.9 Å². The van der Waals surface area contributed by atoms with Gasteiger partial charge in [-0.2, -0.15) is 0 Å². The molecule has 8 heteroatoms. The van der Waals surface area contributed by atoms with Crippen molar-refractivity contribution in [1.29, 1.82) is 0 Å². The van der Waals surface area contributed by atoms with Crippen molar-refractivity contribution in [3.63, 3.8) is 0 Å². The molecule has 0 unspecified atom stereocenters. The summed E-state index contributed by atoms with van der Waals surface area (Å²) in [5, 5.41) is 0. The van der Waals surface area contributed by atoms with E-state index in [1.165, 1.54) is 17.7 Å². The van der Waals surface area contributed by atoms with E-state index in [-0.39, 0.29) is 4.90 Å². The summed E-state index contributed by atoms with van der Waals surface area (Å²) in [5.74, 6) is 1.21. The van der Waals surface area contributed by atoms with Crippen molar-refractivity contribution in [2.75, 3.05) is 29.7 Å². The van der Waals surface area contributed by atoms with Gasteiger partial charge >= 0.3 is 0 Å². The van der Waals surface area contributed by atoms with Gasteiger partial charge in [0, 0.05) is 48.2 Å². The Morgan fingerprint density at radius 3 is 1.90 bits per heavy atom. The van der Waals surface area contributed by atoms with E-state index in [4.69, 9.17) is 23.2 Å². The average molecular weight is 481 g/mol. The molecule has 3 rings (SSSR count). The molecule has 0 aliphatic heterocycles. The lowest BCUT2D eigenvalue weighted by Crippen LogP contribution is -2.34. The number of halogens is 2. The van der Waals surface area contributed by atoms with Crippen LogP contribution in [0.15, 0.2) is 84.0 Å². The standard InChI is InChI=1S/C16H19Cl2N2.C7H8O3S/c17-8-12-20(13-9-18)16-6-10-19(11-7-16)14-15-4-2-1-3-5-15;1-6-2-4-7(5-3-6)11(8,9)10/h1-7,10-11H,8-9,12-14H2;2-5H,1H3,(H,8,9,10)/q+1;/p-1. The molecule has 0 atom stereocenters. The predicted molar refractivity (Wildman–Crippen MR) is 125 cm³/mol. The van der Waals surface area contributed by atoms with E-state index in [0.717, 1.165) is 30.9 Å². The van der Waals surface area contributed by atoms with Crippen molar-refractivity contribution >= 4 is 39.0 Å². The Balaban J connectivity index is 0.000000262. The second kappa shape index (κ2) is 12.7. The van der Waals surface area contributed by atoms with Crippen molar-refractivity contribution < 1.29 is 17.5 Å². The molecule has 0 fully saturated rings. The summed E-state index contributed by atoms with van der Waals surface area (Å²) >= 11 is 11.7. The van der Waals surface area contributed by atoms with Crippen LogP contribution in [0.4, 0.5) is 5.69 Å². The summed E-state index contributed by atoms with van der Waals surface area (Å²) in [6, 6.07) is 20.4. The molecule has 1 heterocycles. The summed E-state index contributed by atoms with van der Waals surface area (Å²) in [7, 11) is -4.27. The lowest BCUT2D eigenvalue weighted by molar-refractivity contribution is -0.688. The fourth-order valence-corrected chi connectivity index (χ4v) is 3.72. The van der Waals surface area contributed by atoms with Crippen molar-refractivity contribution in [1.82, 2.24) is 0 Å². The highest BCUT2D eigenvalue weighted by atomic mass is 35.5. The van der Waals surface area contributed by atoms with Crippen molar-refractivity contribution in [3.05, 3.63) is 90.3 Å². The number of alkyl halides is 2. The molecule has 2 aromatic carbocycles. The second-order valence-corrected chi connectivity index (χ2v) is 8.98. The number of benzene rings is 2. The fourth-order valence-electron chi connectivity index (χ4n) is 2.84. The smallest absolute Gasteiger partial charge is 0.173 e. The lowest BCUT2D eigenvalue weighted by atomic mass is 10.2. The lowest BCUT2D eigenvalue weighted by Gasteiger charge is -2.21. The minimum Gasteiger partial charge on any atom is -0.744 e. The Hall–Kier alpha value is -2.12. The topological polar surface area (TPSA) is 64.3 Å². The Kier molecular flexibility index (Phi) is 10.3. The van der Waals surface area contributed by atoms with Crippen LogP contribution in [-0.2, 0) is 16.7 Å². The molecule has 31 heavy (non-hydrogen) atoms. The van der Waals surface area contributed by atoms with Crippen molar-refractivity contribution in [3.8, 4) is 0 Å². The van der Waals surface area contributed by atoms with Crippen LogP contribution >= 0.6 is 23.2 Å². The summed E-state index contributed by atoms with van der Waals surface area (Å²) in [6.07, 6.45) is 4.19. The highest BCUT2D eigenvalue weighted by Gasteiger charge is 2.08. The monoisotopic (exact) mass is 480 g/mol. The number of pyridine rings is 1. The number of rotatable bonds is 8. The molecule has 0 aliphatic carbocycles. The van der Waals surface area contributed by atoms with E-state index in [1.807, 2.05) is 13.0 Å². The number of aromatic nitrogens is 1. The van der Waals surface area contributed by atoms with E-state index in [9.17, 15) is 13.0 Å². The summed E-state index contributed by atoms with van der Waals surface area (Å²) in [4.78, 5) is 2.02. The van der Waals surface area contributed by atoms with E-state index >= 15 is 0 Å². The van der Waals surface area contributed by atoms with Gasteiger partial charge in [0.05, 0.1) is 4.90 Å². The van der Waals surface area contributed by atoms with Gasteiger partial charge in [0.2, 0.25) is 0 Å². The molecule has 1 aromatic heterocycles. The molecule has 3 aromatic rings. The Labute approximate surface area is 194 Å². The van der Waals surface area contributed by atoms with Gasteiger partial charge in [0.25, 0.3) is 0 Å². The Morgan fingerprint density at radius 1 is 0.871 bits per heavy atom. The van der Waals surface area contributed by atoms with Gasteiger partial charge in [-0.05, 0) is 19.1 Å². The van der Waals surface area contributed by atoms with Crippen LogP contribution in [0.1, 0.15) is 11.1 Å². The largest absolute Gasteiger partial charge is 0.744 e. The molecule has 0 radical (unpaired) electrons. The molecule has 0 saturated carbocycles. The molecule has 0 bridgehead atoms. The first-order valence-electron chi connectivity index (χ1n) is 9.76. The van der Waals surface area contributed by atoms with Crippen LogP contribution in [0.5, 0.6) is 0 Å². The quantitative estimate of drug-likeness (QED) is 0.275. The average Bonchev–Trinajstić information content (AvgIpc) is 2.75. The minimum atomic E-state index is -4.27. The molecule has 0 spiro atoms. The first-order chi connectivity index (χ1) is 14.8. The van der Waals surface area contributed by atoms with Gasteiger partial charge in [0.1, 0.15) is 10.1 Å². The molecular formula is C23H26Cl2N2O3S. The molecule has 5 nitrogen and oxygen atoms in total. The van der Waals surface area contributed by atoms with Gasteiger partial charge in [-0.1, -0.05) is 48.0 Å². The molecular weight excluding hydrogens is 455 g/mol. The molecule has 0 aliphatic rings. The number of hydrogen-bond donors (Lipinski definition) is 0. The molecule has 0 amide bonds. The molecule has 166 valence electrons. The van der Waals surface area contributed by atoms with Crippen LogP contribution in [0.2, 0.25) is 0 Å². The molecule has 0 N–H and O–H groups in total. The zero-order valence-corrected chi connectivity index (χ0v) is 19.7. The van der Waals surface area contributed by atoms with Crippen LogP contribution in [-0.4, -0.2) is 37.8 Å². The maximum atomic E-state index is 10.4. The van der Waals surface area contributed by atoms with E-state index < -0.39 is 10.1 Å². The van der Waals surface area contributed by atoms with Crippen LogP contribution < -0.4 is 9.47 Å². The predicted octanol–water partition coefficient (Wildman–Crippen LogP) is 4.21. The maximum Gasteiger partial charge on any atom is 0.173 e. The number of nitrogens with zero attached hydrogens (tertiary/aromatic N) is 2. The SMILES string of the molecule is Cc1ccc(S(=O)(=O)[O-])cc1.ClCCN(CCCl)c1cc[n+](Cc2ccccc2)cc1. The molecule has 0 saturated heterocycles. The van der Waals surface area contributed by atoms with Gasteiger partial charge in [-0.3, -0.25) is 0 Å². The first kappa shape index (κ1) is 25.1. The third-order valence-corrected chi connectivity index (χ3v) is 5.65. The highest BCUT2D eigenvalue weighted by Crippen LogP contribution is 2.12. The van der Waals surface area contributed by atoms with E-state index in [1.54, 1.807) is 12.1 Å². The van der Waals surface area contributed by atoms with Crippen molar-refractivity contribution in [2.45, 2.75) is 18.4 Å². The Morgan fingerprint density at radius 2 is 1.42 bits per heavy atom. The van der Waals surface area contributed by atoms with Crippen LogP contribution in [0, 0.1) is 6.92 Å². The van der Waals surface area contributed by atoms with Gasteiger partial charge < -0.3 is 9.45 Å². The van der Waals surface area contributed by atoms with Gasteiger partial charge in [-0.25, -0.2) is 13.0 Å². The summed E-state index contributed by atoms with van der Waals surface area (Å²) < 4.78 is 33.3. The summed E-state index contributed by atoms with van der Waals surface area (Å²) in [5.41, 5.74) is 3.39. The minimum absolute atomic E-state index is 0.178. The van der Waals surface area contributed by atoms with Crippen LogP contribution in [0.3, 0.4) is 0 Å². The fraction of sp³-hybridized carbons (Fsp3) is 0.261. The zero-order valence-electron chi connectivity index (χ0n) is 17.3. The number of aryl methyl sites for hydroxylation is 1. The highest BCUT2D eigenvalue weighted by molar-refractivity contribution is 7.85. The number of anilines is 1. The zero-order chi connectivity index (χ0) is 22.7. The van der Waals surface area contributed by atoms with Crippen molar-refractivity contribution in [2.24, 2.45) is 0 Å². The Bertz CT molecular complexity index is 1010. The first-order valence-corrected chi connectivity index (χ1v) is 12.2.